The van der Waals surface area contributed by atoms with Crippen molar-refractivity contribution in [3.63, 3.8) is 0 Å². The summed E-state index contributed by atoms with van der Waals surface area (Å²) in [5.74, 6) is -2.84. The molecule has 4 atom stereocenters. The van der Waals surface area contributed by atoms with Gasteiger partial charge in [0, 0.05) is 0 Å². The molecular formula is C19H21NO4. The zero-order valence-electron chi connectivity index (χ0n) is 13.8. The molecule has 1 aliphatic carbocycles. The van der Waals surface area contributed by atoms with Gasteiger partial charge in [0.05, 0.1) is 30.9 Å². The first-order valence-corrected chi connectivity index (χ1v) is 8.28. The maximum absolute atomic E-state index is 12.9. The Bertz CT molecular complexity index is 682. The Kier molecular flexibility index (Phi) is 4.51. The number of amides is 2. The van der Waals surface area contributed by atoms with Gasteiger partial charge < -0.3 is 4.74 Å². The molecule has 4 unspecified atom stereocenters. The van der Waals surface area contributed by atoms with Gasteiger partial charge >= 0.3 is 5.97 Å². The third-order valence-corrected chi connectivity index (χ3v) is 4.81. The number of likely N-dealkylation sites (tertiary alicyclic amines) is 1. The lowest BCUT2D eigenvalue weighted by Gasteiger charge is -2.29. The van der Waals surface area contributed by atoms with Crippen molar-refractivity contribution in [2.24, 2.45) is 23.7 Å². The summed E-state index contributed by atoms with van der Waals surface area (Å²) in [6, 6.07) is 9.39. The van der Waals surface area contributed by atoms with E-state index in [9.17, 15) is 14.4 Å². The molecule has 1 saturated heterocycles. The summed E-state index contributed by atoms with van der Waals surface area (Å²) >= 11 is 0. The summed E-state index contributed by atoms with van der Waals surface area (Å²) in [5, 5.41) is 0. The summed E-state index contributed by atoms with van der Waals surface area (Å²) in [6.07, 6.45) is 3.62. The third-order valence-electron chi connectivity index (χ3n) is 4.81. The van der Waals surface area contributed by atoms with Crippen molar-refractivity contribution in [3.05, 3.63) is 48.0 Å². The number of esters is 1. The standard InChI is InChI=1S/C19H21NO4/c1-3-24-19(23)15-12(2)9-10-14-16(15)18(22)20(17(14)21)11-13-7-5-4-6-8-13/h4-10,12,14-16H,3,11H2,1-2H3. The molecule has 24 heavy (non-hydrogen) atoms. The van der Waals surface area contributed by atoms with Gasteiger partial charge in [-0.25, -0.2) is 0 Å². The number of hydrogen-bond acceptors (Lipinski definition) is 4. The molecule has 1 aliphatic heterocycles. The molecule has 0 saturated carbocycles. The maximum atomic E-state index is 12.9. The van der Waals surface area contributed by atoms with E-state index in [4.69, 9.17) is 4.74 Å². The van der Waals surface area contributed by atoms with E-state index in [1.165, 1.54) is 4.90 Å². The van der Waals surface area contributed by atoms with E-state index in [1.54, 1.807) is 13.0 Å². The van der Waals surface area contributed by atoms with Crippen LogP contribution in [0.1, 0.15) is 19.4 Å². The quantitative estimate of drug-likeness (QED) is 0.483. The molecule has 0 spiro atoms. The summed E-state index contributed by atoms with van der Waals surface area (Å²) in [5.41, 5.74) is 0.891. The lowest BCUT2D eigenvalue weighted by Crippen LogP contribution is -2.39. The lowest BCUT2D eigenvalue weighted by atomic mass is 9.72. The van der Waals surface area contributed by atoms with Crippen LogP contribution in [-0.2, 0) is 25.7 Å². The highest BCUT2D eigenvalue weighted by Gasteiger charge is 2.54. The second-order valence-electron chi connectivity index (χ2n) is 6.32. The molecule has 0 bridgehead atoms. The smallest absolute Gasteiger partial charge is 0.310 e. The number of imide groups is 1. The fourth-order valence-corrected chi connectivity index (χ4v) is 3.62. The maximum Gasteiger partial charge on any atom is 0.310 e. The predicted molar refractivity (Wildman–Crippen MR) is 87.4 cm³/mol. The summed E-state index contributed by atoms with van der Waals surface area (Å²) < 4.78 is 5.14. The van der Waals surface area contributed by atoms with Crippen LogP contribution in [0.2, 0.25) is 0 Å². The highest BCUT2D eigenvalue weighted by atomic mass is 16.5. The number of allylic oxidation sites excluding steroid dienone is 1. The summed E-state index contributed by atoms with van der Waals surface area (Å²) in [7, 11) is 0. The van der Waals surface area contributed by atoms with Crippen molar-refractivity contribution < 1.29 is 19.1 Å². The first kappa shape index (κ1) is 16.4. The van der Waals surface area contributed by atoms with Crippen LogP contribution in [0.3, 0.4) is 0 Å². The van der Waals surface area contributed by atoms with Crippen LogP contribution in [-0.4, -0.2) is 29.3 Å². The molecule has 3 rings (SSSR count). The molecular weight excluding hydrogens is 306 g/mol. The number of carbonyl (C=O) groups is 3. The molecule has 2 amide bonds. The van der Waals surface area contributed by atoms with Gasteiger partial charge in [-0.1, -0.05) is 49.4 Å². The van der Waals surface area contributed by atoms with E-state index >= 15 is 0 Å². The van der Waals surface area contributed by atoms with E-state index in [1.807, 2.05) is 43.3 Å². The lowest BCUT2D eigenvalue weighted by molar-refractivity contribution is -0.155. The zero-order chi connectivity index (χ0) is 17.3. The average Bonchev–Trinajstić information content (AvgIpc) is 2.81. The van der Waals surface area contributed by atoms with Crippen molar-refractivity contribution in [1.82, 2.24) is 4.90 Å². The number of rotatable bonds is 4. The Labute approximate surface area is 141 Å². The number of fused-ring (bicyclic) bond motifs is 1. The van der Waals surface area contributed by atoms with Crippen molar-refractivity contribution in [2.45, 2.75) is 20.4 Å². The van der Waals surface area contributed by atoms with Crippen LogP contribution in [0.5, 0.6) is 0 Å². The number of benzene rings is 1. The molecule has 0 aromatic heterocycles. The number of hydrogen-bond donors (Lipinski definition) is 0. The molecule has 2 aliphatic rings. The van der Waals surface area contributed by atoms with Crippen LogP contribution in [0.4, 0.5) is 0 Å². The summed E-state index contributed by atoms with van der Waals surface area (Å²) in [6.45, 7) is 4.12. The molecule has 0 N–H and O–H groups in total. The van der Waals surface area contributed by atoms with Crippen LogP contribution >= 0.6 is 0 Å². The Hall–Kier alpha value is -2.43. The Morgan fingerprint density at radius 1 is 1.12 bits per heavy atom. The largest absolute Gasteiger partial charge is 0.466 e. The molecule has 1 heterocycles. The minimum atomic E-state index is -0.653. The second-order valence-corrected chi connectivity index (χ2v) is 6.32. The highest BCUT2D eigenvalue weighted by Crippen LogP contribution is 2.42. The molecule has 0 radical (unpaired) electrons. The first-order chi connectivity index (χ1) is 11.5. The van der Waals surface area contributed by atoms with Gasteiger partial charge in [0.15, 0.2) is 0 Å². The van der Waals surface area contributed by atoms with Gasteiger partial charge in [-0.2, -0.15) is 0 Å². The number of carbonyl (C=O) groups excluding carboxylic acids is 3. The molecule has 126 valence electrons. The highest BCUT2D eigenvalue weighted by molar-refractivity contribution is 6.07. The van der Waals surface area contributed by atoms with Crippen LogP contribution in [0, 0.1) is 23.7 Å². The monoisotopic (exact) mass is 327 g/mol. The van der Waals surface area contributed by atoms with Gasteiger partial charge in [0.25, 0.3) is 0 Å². The molecule has 1 aromatic carbocycles. The van der Waals surface area contributed by atoms with Gasteiger partial charge in [-0.3, -0.25) is 19.3 Å². The first-order valence-electron chi connectivity index (χ1n) is 8.28. The Balaban J connectivity index is 1.88. The topological polar surface area (TPSA) is 63.7 Å². The molecule has 1 fully saturated rings. The average molecular weight is 327 g/mol. The number of nitrogens with zero attached hydrogens (tertiary/aromatic N) is 1. The van der Waals surface area contributed by atoms with E-state index in [-0.39, 0.29) is 30.9 Å². The Morgan fingerprint density at radius 2 is 1.83 bits per heavy atom. The van der Waals surface area contributed by atoms with Crippen molar-refractivity contribution in [3.8, 4) is 0 Å². The zero-order valence-corrected chi connectivity index (χ0v) is 13.8. The molecule has 5 heteroatoms. The predicted octanol–water partition coefficient (Wildman–Crippen LogP) is 2.17. The Morgan fingerprint density at radius 3 is 2.50 bits per heavy atom. The number of ether oxygens (including phenoxy) is 1. The minimum absolute atomic E-state index is 0.126. The van der Waals surface area contributed by atoms with E-state index in [2.05, 4.69) is 0 Å². The normalized spacial score (nSPS) is 28.8. The molecule has 1 aromatic rings. The van der Waals surface area contributed by atoms with E-state index < -0.39 is 23.7 Å². The van der Waals surface area contributed by atoms with Gasteiger partial charge in [0.1, 0.15) is 0 Å². The van der Waals surface area contributed by atoms with Crippen molar-refractivity contribution >= 4 is 17.8 Å². The fraction of sp³-hybridized carbons (Fsp3) is 0.421. The van der Waals surface area contributed by atoms with Gasteiger partial charge in [-0.05, 0) is 18.4 Å². The van der Waals surface area contributed by atoms with Crippen LogP contribution < -0.4 is 0 Å². The van der Waals surface area contributed by atoms with Gasteiger partial charge in [0.2, 0.25) is 11.8 Å². The van der Waals surface area contributed by atoms with Crippen molar-refractivity contribution in [2.75, 3.05) is 6.61 Å². The third kappa shape index (κ3) is 2.75. The molecule has 5 nitrogen and oxygen atoms in total. The van der Waals surface area contributed by atoms with Gasteiger partial charge in [-0.15, -0.1) is 0 Å². The fourth-order valence-electron chi connectivity index (χ4n) is 3.62. The van der Waals surface area contributed by atoms with E-state index in [0.29, 0.717) is 0 Å². The SMILES string of the molecule is CCOC(=O)C1C(C)C=CC2C(=O)N(Cc3ccccc3)C(=O)C21. The second kappa shape index (κ2) is 6.59. The summed E-state index contributed by atoms with van der Waals surface area (Å²) in [4.78, 5) is 39.2. The van der Waals surface area contributed by atoms with Crippen molar-refractivity contribution in [1.29, 1.82) is 0 Å². The van der Waals surface area contributed by atoms with E-state index in [0.717, 1.165) is 5.56 Å². The van der Waals surface area contributed by atoms with Crippen LogP contribution in [0.15, 0.2) is 42.5 Å². The minimum Gasteiger partial charge on any atom is -0.466 e. The van der Waals surface area contributed by atoms with Crippen LogP contribution in [0.25, 0.3) is 0 Å².